The topological polar surface area (TPSA) is 62.3 Å². The monoisotopic (exact) mass is 311 g/mol. The van der Waals surface area contributed by atoms with E-state index in [0.29, 0.717) is 18.7 Å². The summed E-state index contributed by atoms with van der Waals surface area (Å²) >= 11 is 0. The molecule has 6 heteroatoms. The molecule has 1 aromatic heterocycles. The van der Waals surface area contributed by atoms with Gasteiger partial charge in [-0.3, -0.25) is 0 Å². The van der Waals surface area contributed by atoms with Crippen molar-refractivity contribution in [1.29, 1.82) is 0 Å². The molecule has 4 heterocycles. The Bertz CT molecular complexity index is 642. The summed E-state index contributed by atoms with van der Waals surface area (Å²) < 4.78 is 5.44. The molecule has 3 aliphatic rings. The highest BCUT2D eigenvalue weighted by molar-refractivity contribution is 5.57. The molecule has 2 unspecified atom stereocenters. The second-order valence-electron chi connectivity index (χ2n) is 6.06. The number of rotatable bonds is 5. The molecule has 2 atom stereocenters. The fourth-order valence-electron chi connectivity index (χ4n) is 3.21. The summed E-state index contributed by atoms with van der Waals surface area (Å²) in [5.74, 6) is 2.58. The Morgan fingerprint density at radius 3 is 2.48 bits per heavy atom. The number of hydrogen-bond acceptors (Lipinski definition) is 6. The van der Waals surface area contributed by atoms with E-state index in [9.17, 15) is 0 Å². The molecule has 3 saturated heterocycles. The molecule has 0 radical (unpaired) electrons. The zero-order valence-electron chi connectivity index (χ0n) is 13.2. The van der Waals surface area contributed by atoms with Crippen LogP contribution in [0.3, 0.4) is 0 Å². The Morgan fingerprint density at radius 1 is 1.13 bits per heavy atom. The molecule has 6 nitrogen and oxygen atoms in total. The number of nitrogens with one attached hydrogen (secondary N) is 2. The first-order valence-electron chi connectivity index (χ1n) is 8.15. The summed E-state index contributed by atoms with van der Waals surface area (Å²) in [6, 6.07) is 13.1. The summed E-state index contributed by atoms with van der Waals surface area (Å²) in [6.07, 6.45) is 1.29. The number of ether oxygens (including phenoxy) is 1. The van der Waals surface area contributed by atoms with Crippen LogP contribution in [0.5, 0.6) is 5.75 Å². The highest BCUT2D eigenvalue weighted by Crippen LogP contribution is 2.25. The van der Waals surface area contributed by atoms with Gasteiger partial charge in [0.05, 0.1) is 6.61 Å². The van der Waals surface area contributed by atoms with Crippen LogP contribution in [-0.2, 0) is 0 Å². The maximum absolute atomic E-state index is 5.44. The van der Waals surface area contributed by atoms with Crippen molar-refractivity contribution in [2.75, 3.05) is 29.9 Å². The Balaban J connectivity index is 1.39. The molecule has 3 aliphatic heterocycles. The normalized spacial score (nSPS) is 22.4. The number of piperazine rings is 1. The van der Waals surface area contributed by atoms with E-state index < -0.39 is 0 Å². The number of nitrogens with zero attached hydrogens (tertiary/aromatic N) is 3. The van der Waals surface area contributed by atoms with Gasteiger partial charge in [0.1, 0.15) is 5.75 Å². The van der Waals surface area contributed by atoms with Gasteiger partial charge in [-0.2, -0.15) is 0 Å². The van der Waals surface area contributed by atoms with Gasteiger partial charge in [-0.1, -0.05) is 0 Å². The van der Waals surface area contributed by atoms with Crippen LogP contribution in [0.15, 0.2) is 36.4 Å². The van der Waals surface area contributed by atoms with Crippen LogP contribution in [-0.4, -0.2) is 42.0 Å². The average molecular weight is 311 g/mol. The second-order valence-corrected chi connectivity index (χ2v) is 6.06. The predicted molar refractivity (Wildman–Crippen MR) is 90.5 cm³/mol. The van der Waals surface area contributed by atoms with Gasteiger partial charge in [0.2, 0.25) is 0 Å². The summed E-state index contributed by atoms with van der Waals surface area (Å²) in [6.45, 7) is 4.70. The van der Waals surface area contributed by atoms with Gasteiger partial charge in [-0.15, -0.1) is 10.2 Å². The van der Waals surface area contributed by atoms with Gasteiger partial charge in [0.15, 0.2) is 11.6 Å². The molecule has 5 rings (SSSR count). The van der Waals surface area contributed by atoms with Gasteiger partial charge in [0.25, 0.3) is 0 Å². The molecule has 3 fully saturated rings. The average Bonchev–Trinajstić information content (AvgIpc) is 2.57. The van der Waals surface area contributed by atoms with E-state index in [2.05, 4.69) is 25.7 Å². The van der Waals surface area contributed by atoms with Crippen molar-refractivity contribution < 1.29 is 4.74 Å². The lowest BCUT2D eigenvalue weighted by Crippen LogP contribution is -2.67. The van der Waals surface area contributed by atoms with E-state index in [1.54, 1.807) is 0 Å². The Labute approximate surface area is 135 Å². The lowest BCUT2D eigenvalue weighted by Gasteiger charge is -2.48. The third-order valence-electron chi connectivity index (χ3n) is 4.33. The molecule has 120 valence electrons. The SMILES string of the molecule is CCOc1ccc(Nc2ccc(N3CC4CC(C3)N4)nn2)cc1. The Kier molecular flexibility index (Phi) is 3.75. The van der Waals surface area contributed by atoms with Crippen molar-refractivity contribution in [1.82, 2.24) is 15.5 Å². The highest BCUT2D eigenvalue weighted by atomic mass is 16.5. The molecule has 0 spiro atoms. The predicted octanol–water partition coefficient (Wildman–Crippen LogP) is 2.17. The lowest BCUT2D eigenvalue weighted by molar-refractivity contribution is 0.225. The van der Waals surface area contributed by atoms with Crippen LogP contribution < -0.4 is 20.3 Å². The van der Waals surface area contributed by atoms with Crippen LogP contribution >= 0.6 is 0 Å². The van der Waals surface area contributed by atoms with E-state index in [0.717, 1.165) is 36.2 Å². The number of piperidine rings is 1. The third kappa shape index (κ3) is 3.07. The van der Waals surface area contributed by atoms with Crippen LogP contribution in [0.4, 0.5) is 17.3 Å². The van der Waals surface area contributed by atoms with E-state index in [1.807, 2.05) is 43.3 Å². The Morgan fingerprint density at radius 2 is 1.87 bits per heavy atom. The molecule has 23 heavy (non-hydrogen) atoms. The van der Waals surface area contributed by atoms with Gasteiger partial charge in [-0.05, 0) is 49.7 Å². The lowest BCUT2D eigenvalue weighted by atomic mass is 9.91. The van der Waals surface area contributed by atoms with E-state index in [-0.39, 0.29) is 0 Å². The summed E-state index contributed by atoms with van der Waals surface area (Å²) in [5, 5.41) is 15.4. The van der Waals surface area contributed by atoms with E-state index >= 15 is 0 Å². The van der Waals surface area contributed by atoms with Crippen molar-refractivity contribution >= 4 is 17.3 Å². The van der Waals surface area contributed by atoms with Crippen LogP contribution in [0, 0.1) is 0 Å². The summed E-state index contributed by atoms with van der Waals surface area (Å²) in [4.78, 5) is 2.31. The Hall–Kier alpha value is -2.34. The van der Waals surface area contributed by atoms with Crippen molar-refractivity contribution in [3.63, 3.8) is 0 Å². The van der Waals surface area contributed by atoms with Crippen LogP contribution in [0.25, 0.3) is 0 Å². The summed E-state index contributed by atoms with van der Waals surface area (Å²) in [7, 11) is 0. The third-order valence-corrected chi connectivity index (χ3v) is 4.33. The first-order valence-corrected chi connectivity index (χ1v) is 8.15. The maximum Gasteiger partial charge on any atom is 0.153 e. The molecule has 1 aromatic carbocycles. The zero-order chi connectivity index (χ0) is 15.6. The van der Waals surface area contributed by atoms with Crippen LogP contribution in [0.1, 0.15) is 13.3 Å². The number of benzene rings is 1. The molecular weight excluding hydrogens is 290 g/mol. The number of hydrogen-bond donors (Lipinski definition) is 2. The molecule has 0 aliphatic carbocycles. The van der Waals surface area contributed by atoms with E-state index in [4.69, 9.17) is 4.74 Å². The minimum absolute atomic E-state index is 0.622. The van der Waals surface area contributed by atoms with Gasteiger partial charge in [-0.25, -0.2) is 0 Å². The molecular formula is C17H21N5O. The van der Waals surface area contributed by atoms with Crippen molar-refractivity contribution in [3.05, 3.63) is 36.4 Å². The summed E-state index contributed by atoms with van der Waals surface area (Å²) in [5.41, 5.74) is 0.971. The van der Waals surface area contributed by atoms with Crippen molar-refractivity contribution in [2.45, 2.75) is 25.4 Å². The highest BCUT2D eigenvalue weighted by Gasteiger charge is 2.36. The van der Waals surface area contributed by atoms with E-state index in [1.165, 1.54) is 6.42 Å². The van der Waals surface area contributed by atoms with Crippen molar-refractivity contribution in [3.8, 4) is 5.75 Å². The zero-order valence-corrected chi connectivity index (χ0v) is 13.2. The molecule has 2 bridgehead atoms. The largest absolute Gasteiger partial charge is 0.494 e. The number of anilines is 3. The van der Waals surface area contributed by atoms with Crippen molar-refractivity contribution in [2.24, 2.45) is 0 Å². The molecule has 2 aromatic rings. The minimum atomic E-state index is 0.622. The molecule has 0 saturated carbocycles. The van der Waals surface area contributed by atoms with Gasteiger partial charge >= 0.3 is 0 Å². The smallest absolute Gasteiger partial charge is 0.153 e. The maximum atomic E-state index is 5.44. The van der Waals surface area contributed by atoms with Gasteiger partial charge < -0.3 is 20.3 Å². The van der Waals surface area contributed by atoms with Gasteiger partial charge in [0, 0.05) is 30.9 Å². The number of fused-ring (bicyclic) bond motifs is 2. The molecule has 0 amide bonds. The molecule has 2 N–H and O–H groups in total. The second kappa shape index (κ2) is 6.04. The fraction of sp³-hybridized carbons (Fsp3) is 0.412. The number of aromatic nitrogens is 2. The standard InChI is InChI=1S/C17H21N5O/c1-2-23-15-5-3-12(4-6-15)19-16-7-8-17(21-20-16)22-10-13-9-14(11-22)18-13/h3-8,13-14,18H,2,9-11H2,1H3,(H,19,20). The van der Waals surface area contributed by atoms with Crippen LogP contribution in [0.2, 0.25) is 0 Å². The first kappa shape index (κ1) is 14.3. The first-order chi connectivity index (χ1) is 11.3. The minimum Gasteiger partial charge on any atom is -0.494 e. The fourth-order valence-corrected chi connectivity index (χ4v) is 3.21. The quantitative estimate of drug-likeness (QED) is 0.882.